The van der Waals surface area contributed by atoms with Crippen molar-refractivity contribution in [2.75, 3.05) is 0 Å². The molecule has 3 rings (SSSR count). The Morgan fingerprint density at radius 1 is 1.30 bits per heavy atom. The number of carbonyl (C=O) groups excluding carboxylic acids is 2. The molecule has 1 fully saturated rings. The average molecular weight is 368 g/mol. The van der Waals surface area contributed by atoms with E-state index in [0.29, 0.717) is 10.5 Å². The number of benzene rings is 1. The number of nitrogens with zero attached hydrogens (tertiary/aromatic N) is 1. The number of hydrogen-bond acceptors (Lipinski definition) is 4. The summed E-state index contributed by atoms with van der Waals surface area (Å²) in [7, 11) is 0. The van der Waals surface area contributed by atoms with E-state index in [9.17, 15) is 14.0 Å². The SMILES string of the molecule is Cc1ccsc1/C=C1/SC(=O)N(Cc2ccc(F)cc2Cl)C1=O. The lowest BCUT2D eigenvalue weighted by Crippen LogP contribution is -2.27. The molecule has 0 bridgehead atoms. The summed E-state index contributed by atoms with van der Waals surface area (Å²) in [4.78, 5) is 27.0. The fourth-order valence-electron chi connectivity index (χ4n) is 2.11. The van der Waals surface area contributed by atoms with Crippen LogP contribution in [-0.2, 0) is 11.3 Å². The smallest absolute Gasteiger partial charge is 0.268 e. The van der Waals surface area contributed by atoms with E-state index in [2.05, 4.69) is 0 Å². The van der Waals surface area contributed by atoms with Gasteiger partial charge in [-0.1, -0.05) is 17.7 Å². The van der Waals surface area contributed by atoms with Crippen molar-refractivity contribution in [3.63, 3.8) is 0 Å². The summed E-state index contributed by atoms with van der Waals surface area (Å²) in [5.41, 5.74) is 1.59. The van der Waals surface area contributed by atoms with Crippen LogP contribution < -0.4 is 0 Å². The Labute approximate surface area is 145 Å². The van der Waals surface area contributed by atoms with Crippen LogP contribution in [0.3, 0.4) is 0 Å². The summed E-state index contributed by atoms with van der Waals surface area (Å²) in [6, 6.07) is 5.86. The van der Waals surface area contributed by atoms with Gasteiger partial charge >= 0.3 is 0 Å². The van der Waals surface area contributed by atoms with Gasteiger partial charge in [-0.25, -0.2) is 4.39 Å². The molecular weight excluding hydrogens is 357 g/mol. The van der Waals surface area contributed by atoms with Crippen molar-refractivity contribution in [3.8, 4) is 0 Å². The van der Waals surface area contributed by atoms with Gasteiger partial charge in [0.25, 0.3) is 11.1 Å². The standard InChI is InChI=1S/C16H11ClFNO2S2/c1-9-4-5-22-13(9)7-14-15(20)19(16(21)23-14)8-10-2-3-11(18)6-12(10)17/h2-7H,8H2,1H3/b14-7+. The zero-order valence-corrected chi connectivity index (χ0v) is 14.4. The molecule has 1 saturated heterocycles. The number of rotatable bonds is 3. The quantitative estimate of drug-likeness (QED) is 0.709. The van der Waals surface area contributed by atoms with Crippen LogP contribution in [0.15, 0.2) is 34.6 Å². The first-order chi connectivity index (χ1) is 11.0. The van der Waals surface area contributed by atoms with E-state index in [0.717, 1.165) is 27.1 Å². The minimum Gasteiger partial charge on any atom is -0.268 e. The average Bonchev–Trinajstić information content (AvgIpc) is 3.00. The van der Waals surface area contributed by atoms with Gasteiger partial charge in [0.15, 0.2) is 0 Å². The molecule has 1 aliphatic rings. The fourth-order valence-corrected chi connectivity index (χ4v) is 4.09. The molecule has 0 unspecified atom stereocenters. The van der Waals surface area contributed by atoms with Crippen molar-refractivity contribution in [1.82, 2.24) is 4.90 Å². The predicted octanol–water partition coefficient (Wildman–Crippen LogP) is 5.09. The lowest BCUT2D eigenvalue weighted by Gasteiger charge is -2.13. The van der Waals surface area contributed by atoms with Gasteiger partial charge in [0.05, 0.1) is 11.4 Å². The van der Waals surface area contributed by atoms with Gasteiger partial charge in [-0.2, -0.15) is 0 Å². The van der Waals surface area contributed by atoms with Gasteiger partial charge in [-0.05, 0) is 59.5 Å². The topological polar surface area (TPSA) is 37.4 Å². The molecule has 1 aliphatic heterocycles. The highest BCUT2D eigenvalue weighted by Crippen LogP contribution is 2.35. The van der Waals surface area contributed by atoms with Gasteiger partial charge in [0.2, 0.25) is 0 Å². The highest BCUT2D eigenvalue weighted by atomic mass is 35.5. The fraction of sp³-hybridized carbons (Fsp3) is 0.125. The zero-order valence-electron chi connectivity index (χ0n) is 12.0. The van der Waals surface area contributed by atoms with Crippen molar-refractivity contribution in [2.24, 2.45) is 0 Å². The van der Waals surface area contributed by atoms with Crippen molar-refractivity contribution < 1.29 is 14.0 Å². The van der Waals surface area contributed by atoms with Crippen molar-refractivity contribution in [1.29, 1.82) is 0 Å². The van der Waals surface area contributed by atoms with Crippen LogP contribution in [0.4, 0.5) is 9.18 Å². The molecule has 0 N–H and O–H groups in total. The Kier molecular flexibility index (Phi) is 4.57. The first-order valence-corrected chi connectivity index (χ1v) is 8.76. The minimum absolute atomic E-state index is 0.0323. The predicted molar refractivity (Wildman–Crippen MR) is 92.0 cm³/mol. The van der Waals surface area contributed by atoms with Crippen molar-refractivity contribution in [2.45, 2.75) is 13.5 Å². The summed E-state index contributed by atoms with van der Waals surface area (Å²) in [5.74, 6) is -0.811. The number of hydrogen-bond donors (Lipinski definition) is 0. The van der Waals surface area contributed by atoms with E-state index in [4.69, 9.17) is 11.6 Å². The molecule has 1 aromatic carbocycles. The van der Waals surface area contributed by atoms with E-state index in [1.54, 1.807) is 6.08 Å². The largest absolute Gasteiger partial charge is 0.293 e. The van der Waals surface area contributed by atoms with Crippen LogP contribution in [0.25, 0.3) is 6.08 Å². The second-order valence-corrected chi connectivity index (χ2v) is 7.32. The maximum absolute atomic E-state index is 13.1. The molecule has 118 valence electrons. The van der Waals surface area contributed by atoms with E-state index in [-0.39, 0.29) is 22.7 Å². The molecule has 7 heteroatoms. The maximum Gasteiger partial charge on any atom is 0.293 e. The lowest BCUT2D eigenvalue weighted by atomic mass is 10.2. The Morgan fingerprint density at radius 3 is 2.74 bits per heavy atom. The number of amides is 2. The number of halogens is 2. The van der Waals surface area contributed by atoms with Crippen molar-refractivity contribution in [3.05, 3.63) is 61.4 Å². The molecule has 0 aliphatic carbocycles. The van der Waals surface area contributed by atoms with Crippen LogP contribution >= 0.6 is 34.7 Å². The van der Waals surface area contributed by atoms with Crippen LogP contribution in [0.5, 0.6) is 0 Å². The van der Waals surface area contributed by atoms with Crippen LogP contribution in [-0.4, -0.2) is 16.0 Å². The van der Waals surface area contributed by atoms with Gasteiger partial charge in [-0.15, -0.1) is 11.3 Å². The molecular formula is C16H11ClFNO2S2. The molecule has 3 nitrogen and oxygen atoms in total. The van der Waals surface area contributed by atoms with E-state index in [1.165, 1.54) is 29.5 Å². The molecule has 0 atom stereocenters. The highest BCUT2D eigenvalue weighted by molar-refractivity contribution is 8.18. The summed E-state index contributed by atoms with van der Waals surface area (Å²) < 4.78 is 13.1. The van der Waals surface area contributed by atoms with E-state index >= 15 is 0 Å². The minimum atomic E-state index is -0.457. The van der Waals surface area contributed by atoms with E-state index in [1.807, 2.05) is 18.4 Å². The Balaban J connectivity index is 1.84. The monoisotopic (exact) mass is 367 g/mol. The van der Waals surface area contributed by atoms with Crippen molar-refractivity contribution >= 4 is 51.9 Å². The Hall–Kier alpha value is -1.63. The number of imide groups is 1. The van der Waals surface area contributed by atoms with Gasteiger partial charge < -0.3 is 0 Å². The summed E-state index contributed by atoms with van der Waals surface area (Å²) >= 11 is 8.39. The molecule has 1 aromatic heterocycles. The number of thioether (sulfide) groups is 1. The lowest BCUT2D eigenvalue weighted by molar-refractivity contribution is -0.123. The Bertz CT molecular complexity index is 831. The molecule has 2 heterocycles. The van der Waals surface area contributed by atoms with Crippen LogP contribution in [0.1, 0.15) is 16.0 Å². The van der Waals surface area contributed by atoms with Gasteiger partial charge in [0.1, 0.15) is 5.82 Å². The molecule has 0 spiro atoms. The summed E-state index contributed by atoms with van der Waals surface area (Å²) in [5, 5.41) is 1.78. The number of thiophene rings is 1. The highest BCUT2D eigenvalue weighted by Gasteiger charge is 2.35. The third-order valence-corrected chi connectivity index (χ3v) is 5.61. The summed E-state index contributed by atoms with van der Waals surface area (Å²) in [6.45, 7) is 1.98. The third-order valence-electron chi connectivity index (χ3n) is 3.38. The third kappa shape index (κ3) is 3.34. The first kappa shape index (κ1) is 16.2. The second kappa shape index (κ2) is 6.47. The van der Waals surface area contributed by atoms with Gasteiger partial charge in [0, 0.05) is 9.90 Å². The second-order valence-electron chi connectivity index (χ2n) is 4.97. The Morgan fingerprint density at radius 2 is 2.09 bits per heavy atom. The van der Waals surface area contributed by atoms with Crippen LogP contribution in [0, 0.1) is 12.7 Å². The zero-order chi connectivity index (χ0) is 16.6. The summed E-state index contributed by atoms with van der Waals surface area (Å²) in [6.07, 6.45) is 1.73. The molecule has 0 saturated carbocycles. The first-order valence-electron chi connectivity index (χ1n) is 6.69. The van der Waals surface area contributed by atoms with Crippen LogP contribution in [0.2, 0.25) is 5.02 Å². The van der Waals surface area contributed by atoms with E-state index < -0.39 is 5.82 Å². The number of carbonyl (C=O) groups is 2. The molecule has 23 heavy (non-hydrogen) atoms. The van der Waals surface area contributed by atoms with Gasteiger partial charge in [-0.3, -0.25) is 14.5 Å². The molecule has 2 amide bonds. The normalized spacial score (nSPS) is 16.7. The molecule has 2 aromatic rings. The number of aryl methyl sites for hydroxylation is 1. The molecule has 0 radical (unpaired) electrons. The maximum atomic E-state index is 13.1.